The molecule has 0 radical (unpaired) electrons. The van der Waals surface area contributed by atoms with Gasteiger partial charge in [0.2, 0.25) is 0 Å². The summed E-state index contributed by atoms with van der Waals surface area (Å²) in [5.74, 6) is 0.00721. The Morgan fingerprint density at radius 2 is 0.565 bits per heavy atom. The molecule has 0 aliphatic rings. The minimum atomic E-state index is -0.293. The molecule has 356 valence electrons. The van der Waals surface area contributed by atoms with Crippen molar-refractivity contribution in [3.8, 4) is 11.5 Å². The first-order valence-electron chi connectivity index (χ1n) is 25.1. The molecule has 62 heavy (non-hydrogen) atoms. The van der Waals surface area contributed by atoms with E-state index in [0.29, 0.717) is 35.8 Å². The van der Waals surface area contributed by atoms with Crippen LogP contribution in [0.4, 0.5) is 0 Å². The van der Waals surface area contributed by atoms with Crippen LogP contribution >= 0.6 is 0 Å². The number of benzene rings is 2. The van der Waals surface area contributed by atoms with E-state index in [0.717, 1.165) is 47.9 Å². The van der Waals surface area contributed by atoms with Gasteiger partial charge in [-0.05, 0) is 58.8 Å². The Labute approximate surface area is 382 Å². The molecule has 0 unspecified atom stereocenters. The molecule has 0 bridgehead atoms. The lowest BCUT2D eigenvalue weighted by Gasteiger charge is -2.28. The molecular weight excluding hydrogens is 769 g/mol. The first-order chi connectivity index (χ1) is 29.0. The largest absolute Gasteiger partial charge is 0.507 e. The van der Waals surface area contributed by atoms with Crippen LogP contribution in [0.15, 0.2) is 24.3 Å². The molecule has 0 aliphatic heterocycles. The molecule has 0 aliphatic carbocycles. The number of aromatic hydroxyl groups is 2. The van der Waals surface area contributed by atoms with Gasteiger partial charge in [0, 0.05) is 22.3 Å². The number of carbonyl (C=O) groups is 2. The SMILES string of the molecule is CCCCCCCCCCCCCCCCOC(=O)c1cc(C(C)(C)C)c(O)c(C(C)(C)C)c1.CCCCCCCCCCOC(=O)c1cc(C(C)(C)C)c(O)c(C(C)(C)C)c1. The Kier molecular flexibility index (Phi) is 26.4. The van der Waals surface area contributed by atoms with Crippen LogP contribution in [-0.4, -0.2) is 35.4 Å². The summed E-state index contributed by atoms with van der Waals surface area (Å²) >= 11 is 0. The fourth-order valence-corrected chi connectivity index (χ4v) is 7.82. The number of hydrogen-bond acceptors (Lipinski definition) is 6. The molecule has 0 saturated carbocycles. The van der Waals surface area contributed by atoms with Crippen LogP contribution in [0.3, 0.4) is 0 Å². The van der Waals surface area contributed by atoms with E-state index in [1.54, 1.807) is 24.3 Å². The third-order valence-electron chi connectivity index (χ3n) is 11.9. The van der Waals surface area contributed by atoms with E-state index in [-0.39, 0.29) is 33.6 Å². The molecule has 2 aromatic carbocycles. The van der Waals surface area contributed by atoms with Gasteiger partial charge < -0.3 is 19.7 Å². The molecule has 0 atom stereocenters. The van der Waals surface area contributed by atoms with Crippen molar-refractivity contribution in [1.29, 1.82) is 0 Å². The van der Waals surface area contributed by atoms with Gasteiger partial charge in [-0.25, -0.2) is 9.59 Å². The molecule has 0 aromatic heterocycles. The molecule has 0 amide bonds. The second-order valence-corrected chi connectivity index (χ2v) is 22.2. The highest BCUT2D eigenvalue weighted by atomic mass is 16.5. The minimum Gasteiger partial charge on any atom is -0.507 e. The van der Waals surface area contributed by atoms with Crippen molar-refractivity contribution in [3.05, 3.63) is 57.6 Å². The van der Waals surface area contributed by atoms with Gasteiger partial charge in [0.1, 0.15) is 11.5 Å². The zero-order valence-corrected chi connectivity index (χ0v) is 42.8. The zero-order valence-electron chi connectivity index (χ0n) is 42.8. The summed E-state index contributed by atoms with van der Waals surface area (Å²) in [6.45, 7) is 30.0. The van der Waals surface area contributed by atoms with Crippen LogP contribution in [-0.2, 0) is 31.1 Å². The predicted octanol–water partition coefficient (Wildman–Crippen LogP) is 16.9. The number of phenols is 2. The van der Waals surface area contributed by atoms with Gasteiger partial charge in [0.25, 0.3) is 0 Å². The van der Waals surface area contributed by atoms with Crippen molar-refractivity contribution >= 4 is 11.9 Å². The lowest BCUT2D eigenvalue weighted by atomic mass is 9.78. The highest BCUT2D eigenvalue weighted by molar-refractivity contribution is 5.91. The fourth-order valence-electron chi connectivity index (χ4n) is 7.82. The van der Waals surface area contributed by atoms with Crippen LogP contribution in [0.25, 0.3) is 0 Å². The number of hydrogen-bond donors (Lipinski definition) is 2. The van der Waals surface area contributed by atoms with Gasteiger partial charge in [0.15, 0.2) is 0 Å². The molecular formula is C56H96O6. The summed E-state index contributed by atoms with van der Waals surface area (Å²) < 4.78 is 11.1. The Morgan fingerprint density at radius 3 is 0.758 bits per heavy atom. The van der Waals surface area contributed by atoms with Crippen molar-refractivity contribution in [2.75, 3.05) is 13.2 Å². The molecule has 0 saturated heterocycles. The summed E-state index contributed by atoms with van der Waals surface area (Å²) in [5.41, 5.74) is 3.23. The molecule has 6 nitrogen and oxygen atoms in total. The topological polar surface area (TPSA) is 93.1 Å². The van der Waals surface area contributed by atoms with Crippen LogP contribution in [0.1, 0.15) is 281 Å². The Hall–Kier alpha value is -3.02. The molecule has 0 fully saturated rings. The fraction of sp³-hybridized carbons (Fsp3) is 0.750. The summed E-state index contributed by atoms with van der Waals surface area (Å²) in [6, 6.07) is 7.19. The molecule has 0 spiro atoms. The smallest absolute Gasteiger partial charge is 0.338 e. The van der Waals surface area contributed by atoms with E-state index < -0.39 is 0 Å². The van der Waals surface area contributed by atoms with E-state index >= 15 is 0 Å². The standard InChI is InChI=1S/C31H54O3.C25H42O3/c1-8-9-10-11-12-13-14-15-16-17-18-19-20-21-22-34-29(33)25-23-26(30(2,3)4)28(32)27(24-25)31(5,6)7;1-8-9-10-11-12-13-14-15-16-28-23(27)19-17-20(24(2,3)4)22(26)21(18-19)25(5,6)7/h23-24,32H,8-22H2,1-7H3;17-18,26H,8-16H2,1-7H3. The Morgan fingerprint density at radius 1 is 0.371 bits per heavy atom. The monoisotopic (exact) mass is 865 g/mol. The molecule has 6 heteroatoms. The van der Waals surface area contributed by atoms with Gasteiger partial charge in [-0.1, -0.05) is 225 Å². The summed E-state index contributed by atoms with van der Waals surface area (Å²) in [4.78, 5) is 25.4. The maximum atomic E-state index is 12.7. The van der Waals surface area contributed by atoms with Crippen molar-refractivity contribution in [3.63, 3.8) is 0 Å². The highest BCUT2D eigenvalue weighted by Crippen LogP contribution is 2.41. The number of rotatable bonds is 26. The van der Waals surface area contributed by atoms with Gasteiger partial charge in [-0.15, -0.1) is 0 Å². The Bertz CT molecular complexity index is 1490. The molecule has 0 heterocycles. The number of ether oxygens (including phenoxy) is 2. The minimum absolute atomic E-state index is 0.252. The normalized spacial score (nSPS) is 12.2. The van der Waals surface area contributed by atoms with Crippen molar-refractivity contribution in [2.45, 2.75) is 260 Å². The molecule has 2 aromatic rings. The van der Waals surface area contributed by atoms with Gasteiger partial charge in [-0.3, -0.25) is 0 Å². The van der Waals surface area contributed by atoms with E-state index in [9.17, 15) is 19.8 Å². The molecule has 2 N–H and O–H groups in total. The highest BCUT2D eigenvalue weighted by Gasteiger charge is 2.29. The maximum absolute atomic E-state index is 12.7. The number of esters is 2. The van der Waals surface area contributed by atoms with Crippen molar-refractivity contribution < 1.29 is 29.3 Å². The van der Waals surface area contributed by atoms with Crippen LogP contribution in [0.2, 0.25) is 0 Å². The van der Waals surface area contributed by atoms with Crippen molar-refractivity contribution in [2.24, 2.45) is 0 Å². The second kappa shape index (κ2) is 28.7. The quantitative estimate of drug-likeness (QED) is 0.0723. The third-order valence-corrected chi connectivity index (χ3v) is 11.9. The predicted molar refractivity (Wildman–Crippen MR) is 265 cm³/mol. The van der Waals surface area contributed by atoms with Crippen molar-refractivity contribution in [1.82, 2.24) is 0 Å². The number of unbranched alkanes of at least 4 members (excludes halogenated alkanes) is 20. The Balaban J connectivity index is 0.000000632. The summed E-state index contributed by atoms with van der Waals surface area (Å²) in [5, 5.41) is 21.6. The van der Waals surface area contributed by atoms with Crippen LogP contribution in [0.5, 0.6) is 11.5 Å². The zero-order chi connectivity index (χ0) is 47.0. The molecule has 2 rings (SSSR count). The third kappa shape index (κ3) is 22.6. The van der Waals surface area contributed by atoms with E-state index in [1.807, 2.05) is 41.5 Å². The van der Waals surface area contributed by atoms with Gasteiger partial charge in [0.05, 0.1) is 24.3 Å². The number of carbonyl (C=O) groups excluding carboxylic acids is 2. The average molecular weight is 865 g/mol. The van der Waals surface area contributed by atoms with Gasteiger partial charge in [-0.2, -0.15) is 0 Å². The van der Waals surface area contributed by atoms with E-state index in [4.69, 9.17) is 9.47 Å². The van der Waals surface area contributed by atoms with Crippen LogP contribution in [0, 0.1) is 0 Å². The van der Waals surface area contributed by atoms with E-state index in [1.165, 1.54) is 116 Å². The summed E-state index contributed by atoms with van der Waals surface area (Å²) in [6.07, 6.45) is 28.1. The first kappa shape index (κ1) is 57.0. The number of phenolic OH excluding ortho intramolecular Hbond substituents is 2. The maximum Gasteiger partial charge on any atom is 0.338 e. The lowest BCUT2D eigenvalue weighted by molar-refractivity contribution is 0.0488. The van der Waals surface area contributed by atoms with E-state index in [2.05, 4.69) is 55.4 Å². The van der Waals surface area contributed by atoms with Crippen LogP contribution < -0.4 is 0 Å². The average Bonchev–Trinajstić information content (AvgIpc) is 3.17. The first-order valence-corrected chi connectivity index (χ1v) is 25.1. The lowest BCUT2D eigenvalue weighted by Crippen LogP contribution is -2.19. The second-order valence-electron chi connectivity index (χ2n) is 22.2. The van der Waals surface area contributed by atoms with Gasteiger partial charge >= 0.3 is 11.9 Å². The summed E-state index contributed by atoms with van der Waals surface area (Å²) in [7, 11) is 0.